The van der Waals surface area contributed by atoms with Crippen LogP contribution in [0.3, 0.4) is 0 Å². The zero-order valence-electron chi connectivity index (χ0n) is 25.4. The Kier molecular flexibility index (Phi) is 9.21. The van der Waals surface area contributed by atoms with Crippen molar-refractivity contribution in [2.75, 3.05) is 6.61 Å². The average Bonchev–Trinajstić information content (AvgIpc) is 2.90. The molecule has 0 saturated heterocycles. The second kappa shape index (κ2) is 11.8. The summed E-state index contributed by atoms with van der Waals surface area (Å²) in [7, 11) is -2.81. The van der Waals surface area contributed by atoms with E-state index in [4.69, 9.17) is 4.43 Å². The maximum absolute atomic E-state index is 13.7. The lowest BCUT2D eigenvalue weighted by Gasteiger charge is -2.58. The van der Waals surface area contributed by atoms with Gasteiger partial charge in [-0.05, 0) is 57.9 Å². The number of rotatable bonds is 7. The number of aliphatic hydroxyl groups is 1. The zero-order chi connectivity index (χ0) is 29.5. The van der Waals surface area contributed by atoms with Crippen LogP contribution in [0.15, 0.2) is 82.9 Å². The van der Waals surface area contributed by atoms with Crippen LogP contribution < -0.4 is 10.4 Å². The minimum absolute atomic E-state index is 0.0257. The van der Waals surface area contributed by atoms with Crippen LogP contribution in [0.2, 0.25) is 5.04 Å². The van der Waals surface area contributed by atoms with Crippen LogP contribution in [0, 0.1) is 35.0 Å². The lowest BCUT2D eigenvalue weighted by molar-refractivity contribution is -0.140. The first kappa shape index (κ1) is 31.1. The van der Waals surface area contributed by atoms with Gasteiger partial charge in [-0.25, -0.2) is 0 Å². The van der Waals surface area contributed by atoms with Gasteiger partial charge in [-0.15, -0.1) is 0 Å². The van der Waals surface area contributed by atoms with Gasteiger partial charge < -0.3 is 9.53 Å². The molecule has 5 heteroatoms. The third-order valence-corrected chi connectivity index (χ3v) is 15.9. The number of hydrogen-bond donors (Lipinski definition) is 1. The summed E-state index contributed by atoms with van der Waals surface area (Å²) in [6, 6.07) is 21.7. The normalized spacial score (nSPS) is 31.4. The molecule has 40 heavy (non-hydrogen) atoms. The summed E-state index contributed by atoms with van der Waals surface area (Å²) in [5.74, 6) is 0.972. The summed E-state index contributed by atoms with van der Waals surface area (Å²) in [6.07, 6.45) is 5.05. The topological polar surface area (TPSA) is 46.5 Å². The monoisotopic (exact) mass is 622 g/mol. The van der Waals surface area contributed by atoms with Gasteiger partial charge >= 0.3 is 0 Å². The highest BCUT2D eigenvalue weighted by atomic mass is 79.9. The molecule has 1 saturated carbocycles. The molecule has 0 aromatic heterocycles. The average molecular weight is 624 g/mol. The molecule has 2 aromatic carbocycles. The van der Waals surface area contributed by atoms with E-state index < -0.39 is 13.7 Å². The molecule has 2 aliphatic rings. The molecule has 0 amide bonds. The maximum atomic E-state index is 13.7. The van der Waals surface area contributed by atoms with Crippen LogP contribution in [0.1, 0.15) is 61.8 Å². The molecule has 0 heterocycles. The summed E-state index contributed by atoms with van der Waals surface area (Å²) < 4.78 is 8.97. The number of aliphatic hydroxyl groups excluding tert-OH is 1. The van der Waals surface area contributed by atoms with E-state index in [2.05, 4.69) is 124 Å². The number of allylic oxidation sites excluding steroid dienone is 2. The van der Waals surface area contributed by atoms with Gasteiger partial charge in [0, 0.05) is 17.3 Å². The summed E-state index contributed by atoms with van der Waals surface area (Å²) in [5.41, 5.74) is 0.454. The quantitative estimate of drug-likeness (QED) is 0.261. The van der Waals surface area contributed by atoms with Gasteiger partial charge in [0.15, 0.2) is 0 Å². The van der Waals surface area contributed by atoms with Gasteiger partial charge in [-0.1, -0.05) is 136 Å². The van der Waals surface area contributed by atoms with Gasteiger partial charge in [-0.2, -0.15) is 0 Å². The van der Waals surface area contributed by atoms with E-state index in [1.165, 1.54) is 10.4 Å². The van der Waals surface area contributed by atoms with Crippen LogP contribution in [-0.2, 0) is 9.22 Å². The van der Waals surface area contributed by atoms with Crippen molar-refractivity contribution in [3.05, 3.63) is 82.9 Å². The molecule has 0 aliphatic heterocycles. The molecule has 7 atom stereocenters. The third kappa shape index (κ3) is 5.17. The second-order valence-electron chi connectivity index (χ2n) is 13.5. The largest absolute Gasteiger partial charge is 0.404 e. The van der Waals surface area contributed by atoms with Crippen molar-refractivity contribution in [1.82, 2.24) is 0 Å². The highest BCUT2D eigenvalue weighted by molar-refractivity contribution is 9.11. The van der Waals surface area contributed by atoms with Crippen LogP contribution in [0.25, 0.3) is 0 Å². The SMILES string of the molecule is CC(=O)[C@@]1(C)[C@H]2[C@H](C(Br)=C[C@H]1/C(C)=C/CO)[C@@H](O[Si](c1ccccc1)(c1ccccc1)C(C)(C)C)[C@@H](C)C[C@@H]2C. The van der Waals surface area contributed by atoms with Gasteiger partial charge in [0.1, 0.15) is 5.78 Å². The van der Waals surface area contributed by atoms with Crippen molar-refractivity contribution >= 4 is 40.4 Å². The predicted molar refractivity (Wildman–Crippen MR) is 173 cm³/mol. The molecule has 0 unspecified atom stereocenters. The number of halogens is 1. The highest BCUT2D eigenvalue weighted by Crippen LogP contribution is 2.60. The Hall–Kier alpha value is -1.79. The highest BCUT2D eigenvalue weighted by Gasteiger charge is 2.61. The van der Waals surface area contributed by atoms with E-state index in [0.29, 0.717) is 11.8 Å². The zero-order valence-corrected chi connectivity index (χ0v) is 28.0. The number of benzene rings is 2. The van der Waals surface area contributed by atoms with Crippen LogP contribution >= 0.6 is 15.9 Å². The Morgan fingerprint density at radius 2 is 1.55 bits per heavy atom. The molecule has 0 spiro atoms. The fraction of sp³-hybridized carbons (Fsp3) is 0.514. The number of fused-ring (bicyclic) bond motifs is 1. The number of ketones is 1. The fourth-order valence-corrected chi connectivity index (χ4v) is 13.7. The van der Waals surface area contributed by atoms with E-state index in [1.54, 1.807) is 6.92 Å². The van der Waals surface area contributed by atoms with Crippen LogP contribution in [-0.4, -0.2) is 31.9 Å². The van der Waals surface area contributed by atoms with Crippen molar-refractivity contribution in [2.24, 2.45) is 35.0 Å². The molecule has 4 rings (SSSR count). The predicted octanol–water partition coefficient (Wildman–Crippen LogP) is 7.28. The molecule has 2 aromatic rings. The van der Waals surface area contributed by atoms with Crippen molar-refractivity contribution in [3.63, 3.8) is 0 Å². The Bertz CT molecular complexity index is 1210. The van der Waals surface area contributed by atoms with E-state index in [9.17, 15) is 9.90 Å². The molecule has 2 aliphatic carbocycles. The Balaban J connectivity index is 1.95. The number of Topliss-reactive ketones (excluding diaryl/α,β-unsaturated/α-hetero) is 1. The summed E-state index contributed by atoms with van der Waals surface area (Å²) >= 11 is 4.05. The molecule has 1 N–H and O–H groups in total. The van der Waals surface area contributed by atoms with Gasteiger partial charge in [-0.3, -0.25) is 4.79 Å². The molecular formula is C35H47BrO3Si. The first-order valence-corrected chi connectivity index (χ1v) is 17.4. The maximum Gasteiger partial charge on any atom is 0.261 e. The lowest BCUT2D eigenvalue weighted by atomic mass is 9.49. The molecule has 0 radical (unpaired) electrons. The second-order valence-corrected chi connectivity index (χ2v) is 18.7. The Morgan fingerprint density at radius 3 is 2.00 bits per heavy atom. The van der Waals surface area contributed by atoms with Crippen molar-refractivity contribution in [1.29, 1.82) is 0 Å². The Morgan fingerprint density at radius 1 is 1.02 bits per heavy atom. The van der Waals surface area contributed by atoms with Gasteiger partial charge in [0.25, 0.3) is 8.32 Å². The summed E-state index contributed by atoms with van der Waals surface area (Å²) in [6.45, 7) is 17.6. The molecule has 0 bridgehead atoms. The first-order valence-electron chi connectivity index (χ1n) is 14.7. The standard InChI is InChI=1S/C35H47BrO3Si/c1-23(19-20-37)29-22-30(36)31-32(35(29,8)26(4)38)24(2)21-25(3)33(31)39-40(34(5,6)7,27-15-11-9-12-16-27)28-17-13-10-14-18-28/h9-19,22,24-25,29,31-33,37H,20-21H2,1-8H3/b23-19+/t24-,25-,29-,31-,32+,33-,35+/m0/s1. The third-order valence-electron chi connectivity index (χ3n) is 10.0. The van der Waals surface area contributed by atoms with Gasteiger partial charge in [0.05, 0.1) is 12.7 Å². The van der Waals surface area contributed by atoms with Crippen molar-refractivity contribution in [3.8, 4) is 0 Å². The fourth-order valence-electron chi connectivity index (χ4n) is 8.14. The lowest BCUT2D eigenvalue weighted by Crippen LogP contribution is -2.70. The van der Waals surface area contributed by atoms with Crippen LogP contribution in [0.5, 0.6) is 0 Å². The number of carbonyl (C=O) groups is 1. The minimum Gasteiger partial charge on any atom is -0.404 e. The smallest absolute Gasteiger partial charge is 0.261 e. The molecule has 3 nitrogen and oxygen atoms in total. The van der Waals surface area contributed by atoms with E-state index in [1.807, 2.05) is 13.0 Å². The van der Waals surface area contributed by atoms with Gasteiger partial charge in [0.2, 0.25) is 0 Å². The summed E-state index contributed by atoms with van der Waals surface area (Å²) in [5, 5.41) is 12.1. The molecular weight excluding hydrogens is 576 g/mol. The van der Waals surface area contributed by atoms with E-state index in [0.717, 1.165) is 16.5 Å². The van der Waals surface area contributed by atoms with Crippen molar-refractivity contribution < 1.29 is 14.3 Å². The van der Waals surface area contributed by atoms with E-state index >= 15 is 0 Å². The summed E-state index contributed by atoms with van der Waals surface area (Å²) in [4.78, 5) is 13.7. The number of hydrogen-bond acceptors (Lipinski definition) is 3. The molecule has 1 fully saturated rings. The number of carbonyl (C=O) groups excluding carboxylic acids is 1. The first-order chi connectivity index (χ1) is 18.8. The van der Waals surface area contributed by atoms with Crippen molar-refractivity contribution in [2.45, 2.75) is 73.0 Å². The van der Waals surface area contributed by atoms with E-state index in [-0.39, 0.29) is 41.3 Å². The minimum atomic E-state index is -2.81. The van der Waals surface area contributed by atoms with Crippen LogP contribution in [0.4, 0.5) is 0 Å². The molecule has 216 valence electrons. The Labute approximate surface area is 251 Å².